The van der Waals surface area contributed by atoms with E-state index in [2.05, 4.69) is 0 Å². The molecule has 0 atom stereocenters. The zero-order valence-corrected chi connectivity index (χ0v) is 16.8. The fourth-order valence-corrected chi connectivity index (χ4v) is 4.24. The number of ketones is 1. The van der Waals surface area contributed by atoms with Crippen molar-refractivity contribution in [2.45, 2.75) is 51.0 Å². The quantitative estimate of drug-likeness (QED) is 0.656. The SMILES string of the molecule is O=C(CCC(=O)N1CCC(Oc2ccc(F)cc2F)CC1)c1ccc2c(c1)CCC2. The Hall–Kier alpha value is -2.76. The largest absolute Gasteiger partial charge is 0.487 e. The lowest BCUT2D eigenvalue weighted by atomic mass is 10.0. The van der Waals surface area contributed by atoms with E-state index in [9.17, 15) is 18.4 Å². The summed E-state index contributed by atoms with van der Waals surface area (Å²) in [5.41, 5.74) is 3.27. The molecular formula is C24H25F2NO3. The summed E-state index contributed by atoms with van der Waals surface area (Å²) in [7, 11) is 0. The molecule has 0 spiro atoms. The van der Waals surface area contributed by atoms with Crippen LogP contribution in [0.3, 0.4) is 0 Å². The number of aryl methyl sites for hydroxylation is 2. The molecule has 158 valence electrons. The predicted octanol–water partition coefficient (Wildman–Crippen LogP) is 4.49. The molecule has 1 saturated heterocycles. The number of benzene rings is 2. The molecular weight excluding hydrogens is 388 g/mol. The van der Waals surface area contributed by atoms with Crippen LogP contribution in [0.1, 0.15) is 53.6 Å². The molecule has 0 unspecified atom stereocenters. The van der Waals surface area contributed by atoms with Gasteiger partial charge in [0.05, 0.1) is 0 Å². The Morgan fingerprint density at radius 1 is 0.967 bits per heavy atom. The molecule has 30 heavy (non-hydrogen) atoms. The first kappa shape index (κ1) is 20.5. The van der Waals surface area contributed by atoms with Gasteiger partial charge in [-0.3, -0.25) is 9.59 Å². The first-order valence-corrected chi connectivity index (χ1v) is 10.5. The van der Waals surface area contributed by atoms with Crippen LogP contribution in [0.4, 0.5) is 8.78 Å². The number of carbonyl (C=O) groups is 2. The predicted molar refractivity (Wildman–Crippen MR) is 109 cm³/mol. The molecule has 1 heterocycles. The Bertz CT molecular complexity index is 951. The topological polar surface area (TPSA) is 46.6 Å². The van der Waals surface area contributed by atoms with Crippen LogP contribution < -0.4 is 4.74 Å². The lowest BCUT2D eigenvalue weighted by Gasteiger charge is -2.32. The minimum atomic E-state index is -0.724. The number of carbonyl (C=O) groups excluding carboxylic acids is 2. The van der Waals surface area contributed by atoms with Crippen molar-refractivity contribution in [2.75, 3.05) is 13.1 Å². The number of rotatable bonds is 6. The van der Waals surface area contributed by atoms with Crippen molar-refractivity contribution in [3.8, 4) is 5.75 Å². The van der Waals surface area contributed by atoms with Crippen molar-refractivity contribution in [2.24, 2.45) is 0 Å². The van der Waals surface area contributed by atoms with E-state index in [0.29, 0.717) is 31.5 Å². The highest BCUT2D eigenvalue weighted by atomic mass is 19.1. The molecule has 2 aromatic rings. The molecule has 1 amide bonds. The van der Waals surface area contributed by atoms with Gasteiger partial charge in [0.25, 0.3) is 0 Å². The van der Waals surface area contributed by atoms with E-state index in [4.69, 9.17) is 4.74 Å². The number of piperidine rings is 1. The maximum absolute atomic E-state index is 13.7. The lowest BCUT2D eigenvalue weighted by Crippen LogP contribution is -2.41. The molecule has 0 N–H and O–H groups in total. The Labute approximate surface area is 174 Å². The van der Waals surface area contributed by atoms with Gasteiger partial charge in [-0.2, -0.15) is 0 Å². The highest BCUT2D eigenvalue weighted by molar-refractivity contribution is 5.98. The van der Waals surface area contributed by atoms with E-state index in [1.165, 1.54) is 17.2 Å². The summed E-state index contributed by atoms with van der Waals surface area (Å²) in [4.78, 5) is 26.7. The maximum Gasteiger partial charge on any atom is 0.223 e. The summed E-state index contributed by atoms with van der Waals surface area (Å²) >= 11 is 0. The van der Waals surface area contributed by atoms with E-state index in [1.54, 1.807) is 4.90 Å². The highest BCUT2D eigenvalue weighted by Gasteiger charge is 2.25. The van der Waals surface area contributed by atoms with Crippen molar-refractivity contribution in [3.63, 3.8) is 0 Å². The van der Waals surface area contributed by atoms with Gasteiger partial charge in [0.2, 0.25) is 5.91 Å². The van der Waals surface area contributed by atoms with Gasteiger partial charge in [-0.15, -0.1) is 0 Å². The van der Waals surface area contributed by atoms with E-state index in [0.717, 1.165) is 31.4 Å². The number of hydrogen-bond acceptors (Lipinski definition) is 3. The van der Waals surface area contributed by atoms with Gasteiger partial charge in [-0.05, 0) is 48.6 Å². The van der Waals surface area contributed by atoms with Gasteiger partial charge in [0.15, 0.2) is 17.3 Å². The van der Waals surface area contributed by atoms with Crippen LogP contribution in [0.2, 0.25) is 0 Å². The Kier molecular flexibility index (Phi) is 6.11. The average Bonchev–Trinajstić information content (AvgIpc) is 3.22. The van der Waals surface area contributed by atoms with Gasteiger partial charge in [-0.1, -0.05) is 12.1 Å². The van der Waals surface area contributed by atoms with Crippen molar-refractivity contribution in [3.05, 3.63) is 64.7 Å². The van der Waals surface area contributed by atoms with Crippen molar-refractivity contribution < 1.29 is 23.1 Å². The van der Waals surface area contributed by atoms with Gasteiger partial charge < -0.3 is 9.64 Å². The number of hydrogen-bond donors (Lipinski definition) is 0. The second kappa shape index (κ2) is 8.94. The van der Waals surface area contributed by atoms with Crippen molar-refractivity contribution in [1.29, 1.82) is 0 Å². The first-order valence-electron chi connectivity index (χ1n) is 10.5. The molecule has 1 fully saturated rings. The number of fused-ring (bicyclic) bond motifs is 1. The molecule has 1 aliphatic carbocycles. The number of nitrogens with zero attached hydrogens (tertiary/aromatic N) is 1. The monoisotopic (exact) mass is 413 g/mol. The molecule has 2 aliphatic rings. The summed E-state index contributed by atoms with van der Waals surface area (Å²) in [6, 6.07) is 9.13. The maximum atomic E-state index is 13.7. The minimum absolute atomic E-state index is 0.00283. The van der Waals surface area contributed by atoms with E-state index >= 15 is 0 Å². The van der Waals surface area contributed by atoms with Gasteiger partial charge in [0, 0.05) is 50.4 Å². The summed E-state index contributed by atoms with van der Waals surface area (Å²) in [6.07, 6.45) is 4.55. The van der Waals surface area contributed by atoms with Crippen LogP contribution in [-0.2, 0) is 17.6 Å². The van der Waals surface area contributed by atoms with Crippen LogP contribution in [0.25, 0.3) is 0 Å². The highest BCUT2D eigenvalue weighted by Crippen LogP contribution is 2.25. The van der Waals surface area contributed by atoms with Gasteiger partial charge >= 0.3 is 0 Å². The molecule has 1 aliphatic heterocycles. The summed E-state index contributed by atoms with van der Waals surface area (Å²) in [5, 5.41) is 0. The fraction of sp³-hybridized carbons (Fsp3) is 0.417. The van der Waals surface area contributed by atoms with Crippen LogP contribution in [0.15, 0.2) is 36.4 Å². The van der Waals surface area contributed by atoms with E-state index in [-0.39, 0.29) is 36.4 Å². The third-order valence-electron chi connectivity index (χ3n) is 5.97. The molecule has 0 aromatic heterocycles. The zero-order valence-electron chi connectivity index (χ0n) is 16.8. The normalized spacial score (nSPS) is 16.4. The Balaban J connectivity index is 1.24. The average molecular weight is 413 g/mol. The number of likely N-dealkylation sites (tertiary alicyclic amines) is 1. The number of Topliss-reactive ketones (excluding diaryl/α,β-unsaturated/α-hetero) is 1. The molecule has 6 heteroatoms. The number of halogens is 2. The standard InChI is InChI=1S/C24H25F2NO3/c25-19-6-8-23(21(26)15-19)30-20-10-12-27(13-11-20)24(29)9-7-22(28)18-5-4-16-2-1-3-17(16)14-18/h4-6,8,14-15,20H,1-3,7,9-13H2. The summed E-state index contributed by atoms with van der Waals surface area (Å²) in [5.74, 6) is -1.38. The lowest BCUT2D eigenvalue weighted by molar-refractivity contribution is -0.132. The molecule has 2 aromatic carbocycles. The number of amides is 1. The second-order valence-electron chi connectivity index (χ2n) is 8.03. The first-order chi connectivity index (χ1) is 14.5. The molecule has 0 radical (unpaired) electrons. The van der Waals surface area contributed by atoms with Gasteiger partial charge in [-0.25, -0.2) is 8.78 Å². The van der Waals surface area contributed by atoms with Crippen molar-refractivity contribution >= 4 is 11.7 Å². The van der Waals surface area contributed by atoms with Gasteiger partial charge in [0.1, 0.15) is 11.9 Å². The molecule has 4 rings (SSSR count). The number of ether oxygens (including phenoxy) is 1. The van der Waals surface area contributed by atoms with Crippen LogP contribution in [-0.4, -0.2) is 35.8 Å². The third kappa shape index (κ3) is 4.69. The Morgan fingerprint density at radius 2 is 1.73 bits per heavy atom. The smallest absolute Gasteiger partial charge is 0.223 e. The van der Waals surface area contributed by atoms with Crippen LogP contribution >= 0.6 is 0 Å². The minimum Gasteiger partial charge on any atom is -0.487 e. The van der Waals surface area contributed by atoms with E-state index in [1.807, 2.05) is 18.2 Å². The molecule has 4 nitrogen and oxygen atoms in total. The molecule has 0 bridgehead atoms. The Morgan fingerprint density at radius 3 is 2.50 bits per heavy atom. The summed E-state index contributed by atoms with van der Waals surface area (Å²) < 4.78 is 32.4. The fourth-order valence-electron chi connectivity index (χ4n) is 4.24. The van der Waals surface area contributed by atoms with Crippen molar-refractivity contribution in [1.82, 2.24) is 4.90 Å². The molecule has 0 saturated carbocycles. The second-order valence-corrected chi connectivity index (χ2v) is 8.03. The van der Waals surface area contributed by atoms with E-state index < -0.39 is 11.6 Å². The third-order valence-corrected chi connectivity index (χ3v) is 5.97. The van der Waals surface area contributed by atoms with Crippen LogP contribution in [0, 0.1) is 11.6 Å². The summed E-state index contributed by atoms with van der Waals surface area (Å²) in [6.45, 7) is 0.999. The van der Waals surface area contributed by atoms with Crippen LogP contribution in [0.5, 0.6) is 5.75 Å². The zero-order chi connectivity index (χ0) is 21.1.